The predicted octanol–water partition coefficient (Wildman–Crippen LogP) is 3.96. The third kappa shape index (κ3) is 4.32. The number of hydrogen-bond donors (Lipinski definition) is 2. The molecule has 1 amide bonds. The minimum Gasteiger partial charge on any atom is -0.484 e. The quantitative estimate of drug-likeness (QED) is 0.584. The summed E-state index contributed by atoms with van der Waals surface area (Å²) in [5, 5.41) is 15.9. The molecule has 10 heteroatoms. The third-order valence-corrected chi connectivity index (χ3v) is 4.33. The molecule has 0 saturated heterocycles. The fourth-order valence-electron chi connectivity index (χ4n) is 2.29. The Morgan fingerprint density at radius 2 is 2.15 bits per heavy atom. The first-order valence-corrected chi connectivity index (χ1v) is 8.75. The molecule has 0 bridgehead atoms. The van der Waals surface area contributed by atoms with E-state index in [2.05, 4.69) is 26.3 Å². The van der Waals surface area contributed by atoms with Gasteiger partial charge in [0.1, 0.15) is 18.1 Å². The van der Waals surface area contributed by atoms with Crippen molar-refractivity contribution in [2.75, 3.05) is 5.32 Å². The van der Waals surface area contributed by atoms with Gasteiger partial charge in [-0.3, -0.25) is 9.48 Å². The smallest absolute Gasteiger partial charge is 0.356 e. The number of aryl methyl sites for hydroxylation is 1. The van der Waals surface area contributed by atoms with E-state index in [0.29, 0.717) is 16.5 Å². The fraction of sp³-hybridized carbons (Fsp3) is 0.118. The number of nitrogens with one attached hydrogen (secondary N) is 1. The average Bonchev–Trinajstić information content (AvgIpc) is 3.21. The molecule has 140 valence electrons. The zero-order valence-electron chi connectivity index (χ0n) is 13.9. The van der Waals surface area contributed by atoms with Crippen LogP contribution in [0.15, 0.2) is 45.4 Å². The van der Waals surface area contributed by atoms with Crippen molar-refractivity contribution in [3.63, 3.8) is 0 Å². The normalized spacial score (nSPS) is 10.6. The summed E-state index contributed by atoms with van der Waals surface area (Å²) in [5.74, 6) is -0.910. The largest absolute Gasteiger partial charge is 0.484 e. The highest BCUT2D eigenvalue weighted by Gasteiger charge is 2.20. The monoisotopic (exact) mass is 453 g/mol. The summed E-state index contributed by atoms with van der Waals surface area (Å²) in [5.41, 5.74) is -0.0609. The fourth-order valence-corrected chi connectivity index (χ4v) is 3.01. The molecule has 2 aromatic heterocycles. The van der Waals surface area contributed by atoms with Gasteiger partial charge in [-0.2, -0.15) is 5.10 Å². The van der Waals surface area contributed by atoms with Crippen LogP contribution in [0.2, 0.25) is 5.02 Å². The molecule has 0 saturated carbocycles. The first-order chi connectivity index (χ1) is 12.8. The molecule has 0 spiro atoms. The zero-order valence-corrected chi connectivity index (χ0v) is 16.2. The number of furan rings is 1. The van der Waals surface area contributed by atoms with Crippen molar-refractivity contribution < 1.29 is 23.8 Å². The van der Waals surface area contributed by atoms with Gasteiger partial charge in [0.15, 0.2) is 11.5 Å². The van der Waals surface area contributed by atoms with Gasteiger partial charge >= 0.3 is 5.97 Å². The number of carbonyl (C=O) groups is 2. The van der Waals surface area contributed by atoms with Crippen molar-refractivity contribution in [2.45, 2.75) is 6.61 Å². The molecule has 3 aromatic rings. The number of rotatable bonds is 6. The first kappa shape index (κ1) is 19.0. The number of nitrogens with zero attached hydrogens (tertiary/aromatic N) is 2. The van der Waals surface area contributed by atoms with Gasteiger partial charge in [-0.05, 0) is 30.3 Å². The van der Waals surface area contributed by atoms with Crippen LogP contribution in [-0.2, 0) is 13.7 Å². The Bertz CT molecular complexity index is 1010. The summed E-state index contributed by atoms with van der Waals surface area (Å²) >= 11 is 9.39. The lowest BCUT2D eigenvalue weighted by Crippen LogP contribution is -2.15. The van der Waals surface area contributed by atoms with E-state index in [1.54, 1.807) is 24.3 Å². The number of benzene rings is 1. The highest BCUT2D eigenvalue weighted by atomic mass is 79.9. The van der Waals surface area contributed by atoms with E-state index in [4.69, 9.17) is 20.8 Å². The molecule has 3 rings (SSSR count). The second kappa shape index (κ2) is 7.85. The van der Waals surface area contributed by atoms with Crippen LogP contribution in [0.3, 0.4) is 0 Å². The SMILES string of the molecule is Cn1ncc(NC(=O)c2ccc(COc3ccc(Br)cc3Cl)o2)c1C(=O)O. The summed E-state index contributed by atoms with van der Waals surface area (Å²) < 4.78 is 13.0. The zero-order chi connectivity index (χ0) is 19.6. The van der Waals surface area contributed by atoms with Gasteiger partial charge < -0.3 is 19.6 Å². The minimum absolute atomic E-state index is 0.00990. The number of carboxylic acids is 1. The van der Waals surface area contributed by atoms with Crippen molar-refractivity contribution in [1.29, 1.82) is 0 Å². The van der Waals surface area contributed by atoms with Crippen LogP contribution >= 0.6 is 27.5 Å². The average molecular weight is 455 g/mol. The van der Waals surface area contributed by atoms with Gasteiger partial charge in [-0.1, -0.05) is 27.5 Å². The predicted molar refractivity (Wildman–Crippen MR) is 100 cm³/mol. The van der Waals surface area contributed by atoms with E-state index in [1.165, 1.54) is 19.3 Å². The lowest BCUT2D eigenvalue weighted by molar-refractivity contribution is 0.0686. The molecule has 0 unspecified atom stereocenters. The topological polar surface area (TPSA) is 107 Å². The Morgan fingerprint density at radius 1 is 1.37 bits per heavy atom. The number of hydrogen-bond acceptors (Lipinski definition) is 5. The van der Waals surface area contributed by atoms with Crippen LogP contribution < -0.4 is 10.1 Å². The van der Waals surface area contributed by atoms with E-state index < -0.39 is 11.9 Å². The van der Waals surface area contributed by atoms with Crippen molar-refractivity contribution in [2.24, 2.45) is 7.05 Å². The minimum atomic E-state index is -1.20. The number of carbonyl (C=O) groups excluding carboxylic acids is 1. The summed E-state index contributed by atoms with van der Waals surface area (Å²) in [6.45, 7) is 0.0713. The Morgan fingerprint density at radius 3 is 2.85 bits per heavy atom. The maximum absolute atomic E-state index is 12.3. The highest BCUT2D eigenvalue weighted by molar-refractivity contribution is 9.10. The number of ether oxygens (including phenoxy) is 1. The van der Waals surface area contributed by atoms with E-state index in [0.717, 1.165) is 9.15 Å². The van der Waals surface area contributed by atoms with Crippen molar-refractivity contribution >= 4 is 45.1 Å². The van der Waals surface area contributed by atoms with Crippen LogP contribution in [0, 0.1) is 0 Å². The highest BCUT2D eigenvalue weighted by Crippen LogP contribution is 2.28. The maximum atomic E-state index is 12.3. The summed E-state index contributed by atoms with van der Waals surface area (Å²) in [6.07, 6.45) is 1.25. The number of anilines is 1. The maximum Gasteiger partial charge on any atom is 0.356 e. The number of aromatic nitrogens is 2. The summed E-state index contributed by atoms with van der Waals surface area (Å²) in [4.78, 5) is 23.5. The van der Waals surface area contributed by atoms with Gasteiger partial charge in [0.05, 0.1) is 16.9 Å². The molecule has 2 N–H and O–H groups in total. The summed E-state index contributed by atoms with van der Waals surface area (Å²) in [6, 6.07) is 8.25. The van der Waals surface area contributed by atoms with Crippen LogP contribution in [0.4, 0.5) is 5.69 Å². The first-order valence-electron chi connectivity index (χ1n) is 7.58. The van der Waals surface area contributed by atoms with Crippen LogP contribution in [-0.4, -0.2) is 26.8 Å². The molecule has 0 aliphatic carbocycles. The van der Waals surface area contributed by atoms with Gasteiger partial charge in [-0.15, -0.1) is 0 Å². The van der Waals surface area contributed by atoms with Crippen molar-refractivity contribution in [3.05, 3.63) is 63.2 Å². The Hall–Kier alpha value is -2.78. The Balaban J connectivity index is 1.66. The van der Waals surface area contributed by atoms with E-state index in [9.17, 15) is 14.7 Å². The van der Waals surface area contributed by atoms with E-state index in [-0.39, 0.29) is 23.7 Å². The van der Waals surface area contributed by atoms with Crippen molar-refractivity contribution in [1.82, 2.24) is 9.78 Å². The molecule has 1 aromatic carbocycles. The lowest BCUT2D eigenvalue weighted by Gasteiger charge is -2.06. The van der Waals surface area contributed by atoms with E-state index >= 15 is 0 Å². The van der Waals surface area contributed by atoms with Crippen LogP contribution in [0.25, 0.3) is 0 Å². The second-order valence-electron chi connectivity index (χ2n) is 5.42. The second-order valence-corrected chi connectivity index (χ2v) is 6.74. The van der Waals surface area contributed by atoms with Crippen LogP contribution in [0.5, 0.6) is 5.75 Å². The molecular formula is C17H13BrClN3O5. The lowest BCUT2D eigenvalue weighted by atomic mass is 10.3. The van der Waals surface area contributed by atoms with Crippen LogP contribution in [0.1, 0.15) is 26.8 Å². The Kier molecular flexibility index (Phi) is 5.52. The molecule has 2 heterocycles. The molecule has 0 aliphatic heterocycles. The molecule has 0 aliphatic rings. The molecule has 0 fully saturated rings. The Labute approximate surface area is 166 Å². The molecule has 27 heavy (non-hydrogen) atoms. The van der Waals surface area contributed by atoms with Gasteiger partial charge in [0.2, 0.25) is 0 Å². The van der Waals surface area contributed by atoms with Gasteiger partial charge in [-0.25, -0.2) is 4.79 Å². The third-order valence-electron chi connectivity index (χ3n) is 3.54. The van der Waals surface area contributed by atoms with Gasteiger partial charge in [0, 0.05) is 11.5 Å². The van der Waals surface area contributed by atoms with E-state index in [1.807, 2.05) is 0 Å². The number of aromatic carboxylic acids is 1. The molecule has 0 atom stereocenters. The summed E-state index contributed by atoms with van der Waals surface area (Å²) in [7, 11) is 1.47. The number of carboxylic acid groups (broad SMARTS) is 1. The standard InChI is InChI=1S/C17H13BrClN3O5/c1-22-15(17(24)25)12(7-20-22)21-16(23)14-5-3-10(27-14)8-26-13-4-2-9(18)6-11(13)19/h2-7H,8H2,1H3,(H,21,23)(H,24,25). The number of amides is 1. The van der Waals surface area contributed by atoms with Gasteiger partial charge in [0.25, 0.3) is 5.91 Å². The van der Waals surface area contributed by atoms with Crippen molar-refractivity contribution in [3.8, 4) is 5.75 Å². The molecule has 0 radical (unpaired) electrons. The number of halogens is 2. The molecule has 8 nitrogen and oxygen atoms in total. The molecular weight excluding hydrogens is 442 g/mol.